The van der Waals surface area contributed by atoms with Crippen molar-refractivity contribution >= 4 is 21.8 Å². The molecule has 0 aromatic heterocycles. The van der Waals surface area contributed by atoms with Crippen LogP contribution >= 0.6 is 15.9 Å². The van der Waals surface area contributed by atoms with Gasteiger partial charge < -0.3 is 20.8 Å². The van der Waals surface area contributed by atoms with Crippen molar-refractivity contribution in [2.75, 3.05) is 7.11 Å². The van der Waals surface area contributed by atoms with Crippen molar-refractivity contribution in [2.45, 2.75) is 0 Å². The van der Waals surface area contributed by atoms with Crippen molar-refractivity contribution in [3.63, 3.8) is 0 Å². The van der Waals surface area contributed by atoms with Crippen LogP contribution < -0.4 is 10.5 Å². The van der Waals surface area contributed by atoms with Crippen LogP contribution in [0.3, 0.4) is 0 Å². The zero-order valence-corrected chi connectivity index (χ0v) is 15.6. The van der Waals surface area contributed by atoms with Gasteiger partial charge in [-0.25, -0.2) is 0 Å². The number of halogens is 1. The summed E-state index contributed by atoms with van der Waals surface area (Å²) in [5.41, 5.74) is 9.83. The zero-order chi connectivity index (χ0) is 18.7. The summed E-state index contributed by atoms with van der Waals surface area (Å²) in [6.45, 7) is 0. The second-order valence-corrected chi connectivity index (χ2v) is 6.52. The van der Waals surface area contributed by atoms with Gasteiger partial charge >= 0.3 is 0 Å². The number of ether oxygens (including phenoxy) is 1. The lowest BCUT2D eigenvalue weighted by Gasteiger charge is -2.18. The van der Waals surface area contributed by atoms with E-state index in [0.29, 0.717) is 11.3 Å². The maximum atomic E-state index is 9.61. The molecule has 0 aliphatic carbocycles. The van der Waals surface area contributed by atoms with Crippen LogP contribution in [0.4, 0.5) is 0 Å². The summed E-state index contributed by atoms with van der Waals surface area (Å²) >= 11 is 3.49. The first-order valence-electron chi connectivity index (χ1n) is 7.79. The number of nitrogens with zero attached hydrogens (tertiary/aromatic N) is 1. The molecule has 3 rings (SSSR count). The third kappa shape index (κ3) is 3.36. The second-order valence-electron chi connectivity index (χ2n) is 5.61. The minimum absolute atomic E-state index is 0.00719. The number of phenols is 1. The molecule has 3 aromatic rings. The Balaban J connectivity index is 2.40. The van der Waals surface area contributed by atoms with Crippen LogP contribution in [0.5, 0.6) is 11.5 Å². The fourth-order valence-corrected chi connectivity index (χ4v) is 3.33. The highest BCUT2D eigenvalue weighted by molar-refractivity contribution is 9.10. The fourth-order valence-electron chi connectivity index (χ4n) is 2.87. The van der Waals surface area contributed by atoms with E-state index in [1.807, 2.05) is 42.5 Å². The Kier molecular flexibility index (Phi) is 5.14. The molecule has 0 saturated heterocycles. The van der Waals surface area contributed by atoms with E-state index in [0.717, 1.165) is 26.7 Å². The molecule has 0 fully saturated rings. The summed E-state index contributed by atoms with van der Waals surface area (Å²) < 4.78 is 6.29. The molecule has 0 aliphatic rings. The quantitative estimate of drug-likeness (QED) is 0.253. The molecule has 0 heterocycles. The van der Waals surface area contributed by atoms with Gasteiger partial charge in [0, 0.05) is 21.2 Å². The number of nitrogens with two attached hydrogens (primary N) is 1. The number of phenolic OH excluding ortho intramolecular Hbond substituents is 1. The lowest BCUT2D eigenvalue weighted by atomic mass is 9.89. The lowest BCUT2D eigenvalue weighted by molar-refractivity contribution is 0.318. The van der Waals surface area contributed by atoms with Crippen LogP contribution in [-0.2, 0) is 0 Å². The first-order chi connectivity index (χ1) is 12.5. The van der Waals surface area contributed by atoms with Gasteiger partial charge in [0.05, 0.1) is 7.11 Å². The topological polar surface area (TPSA) is 88.1 Å². The Morgan fingerprint density at radius 3 is 2.38 bits per heavy atom. The Hall–Kier alpha value is -2.99. The van der Waals surface area contributed by atoms with Gasteiger partial charge in [-0.3, -0.25) is 0 Å². The summed E-state index contributed by atoms with van der Waals surface area (Å²) in [4.78, 5) is 0. The highest BCUT2D eigenvalue weighted by Crippen LogP contribution is 2.41. The zero-order valence-electron chi connectivity index (χ0n) is 14.0. The molecule has 6 heteroatoms. The van der Waals surface area contributed by atoms with Gasteiger partial charge in [0.25, 0.3) is 0 Å². The van der Waals surface area contributed by atoms with E-state index in [-0.39, 0.29) is 11.6 Å². The number of aromatic hydroxyl groups is 1. The van der Waals surface area contributed by atoms with Crippen LogP contribution in [0.1, 0.15) is 5.56 Å². The van der Waals surface area contributed by atoms with E-state index >= 15 is 0 Å². The summed E-state index contributed by atoms with van der Waals surface area (Å²) in [5.74, 6) is 0.841. The van der Waals surface area contributed by atoms with E-state index in [1.165, 1.54) is 0 Å². The predicted molar refractivity (Wildman–Crippen MR) is 106 cm³/mol. The van der Waals surface area contributed by atoms with Crippen molar-refractivity contribution in [2.24, 2.45) is 10.9 Å². The van der Waals surface area contributed by atoms with Crippen LogP contribution in [0.2, 0.25) is 0 Å². The summed E-state index contributed by atoms with van der Waals surface area (Å²) in [7, 11) is 1.60. The molecule has 0 amide bonds. The molecule has 5 nitrogen and oxygen atoms in total. The first kappa shape index (κ1) is 17.8. The van der Waals surface area contributed by atoms with Crippen LogP contribution in [0.25, 0.3) is 22.3 Å². The van der Waals surface area contributed by atoms with Gasteiger partial charge in [-0.1, -0.05) is 51.4 Å². The normalized spacial score (nSPS) is 11.4. The SMILES string of the molecule is COc1ccccc1-c1c(C(N)=NO)cc(Br)cc1-c1ccc(O)cc1. The molecular formula is C20H17BrN2O3. The summed E-state index contributed by atoms with van der Waals surface area (Å²) in [5, 5.41) is 22.0. The predicted octanol–water partition coefficient (Wildman–Crippen LogP) is 4.59. The number of para-hydroxylation sites is 1. The van der Waals surface area contributed by atoms with E-state index in [1.54, 1.807) is 25.3 Å². The monoisotopic (exact) mass is 412 g/mol. The van der Waals surface area contributed by atoms with Gasteiger partial charge in [-0.2, -0.15) is 0 Å². The molecule has 0 atom stereocenters. The minimum atomic E-state index is -0.00719. The van der Waals surface area contributed by atoms with Gasteiger partial charge in [-0.05, 0) is 41.5 Å². The standard InChI is InChI=1S/C20H17BrN2O3/c1-26-18-5-3-2-4-15(18)19-16(12-6-8-14(24)9-7-12)10-13(21)11-17(19)20(22)23-25/h2-11,24-25H,1H3,(H2,22,23). The molecule has 0 spiro atoms. The molecule has 132 valence electrons. The van der Waals surface area contributed by atoms with E-state index in [4.69, 9.17) is 10.5 Å². The molecule has 0 radical (unpaired) electrons. The lowest BCUT2D eigenvalue weighted by Crippen LogP contribution is -2.15. The van der Waals surface area contributed by atoms with Crippen LogP contribution in [0, 0.1) is 0 Å². The number of hydrogen-bond donors (Lipinski definition) is 3. The van der Waals surface area contributed by atoms with Crippen LogP contribution in [0.15, 0.2) is 70.3 Å². The molecule has 0 bridgehead atoms. The molecule has 3 aromatic carbocycles. The average Bonchev–Trinajstić information content (AvgIpc) is 2.67. The number of oxime groups is 1. The van der Waals surface area contributed by atoms with Crippen molar-refractivity contribution in [3.8, 4) is 33.8 Å². The molecule has 4 N–H and O–H groups in total. The highest BCUT2D eigenvalue weighted by Gasteiger charge is 2.19. The number of benzene rings is 3. The van der Waals surface area contributed by atoms with E-state index in [9.17, 15) is 10.3 Å². The second kappa shape index (κ2) is 7.49. The number of methoxy groups -OCH3 is 1. The third-order valence-electron chi connectivity index (χ3n) is 4.04. The van der Waals surface area contributed by atoms with Crippen molar-refractivity contribution in [1.82, 2.24) is 0 Å². The van der Waals surface area contributed by atoms with Crippen molar-refractivity contribution in [1.29, 1.82) is 0 Å². The Bertz CT molecular complexity index is 969. The van der Waals surface area contributed by atoms with E-state index < -0.39 is 0 Å². The minimum Gasteiger partial charge on any atom is -0.508 e. The molecule has 0 saturated carbocycles. The largest absolute Gasteiger partial charge is 0.508 e. The first-order valence-corrected chi connectivity index (χ1v) is 8.58. The van der Waals surface area contributed by atoms with Gasteiger partial charge in [-0.15, -0.1) is 0 Å². The molecular weight excluding hydrogens is 396 g/mol. The molecule has 0 unspecified atom stereocenters. The van der Waals surface area contributed by atoms with E-state index in [2.05, 4.69) is 21.1 Å². The molecule has 0 aliphatic heterocycles. The summed E-state index contributed by atoms with van der Waals surface area (Å²) in [6, 6.07) is 18.1. The smallest absolute Gasteiger partial charge is 0.170 e. The maximum absolute atomic E-state index is 9.61. The van der Waals surface area contributed by atoms with Crippen molar-refractivity contribution in [3.05, 3.63) is 70.7 Å². The summed E-state index contributed by atoms with van der Waals surface area (Å²) in [6.07, 6.45) is 0. The number of amidine groups is 1. The molecule has 26 heavy (non-hydrogen) atoms. The Morgan fingerprint density at radius 2 is 1.73 bits per heavy atom. The van der Waals surface area contributed by atoms with Crippen molar-refractivity contribution < 1.29 is 15.1 Å². The third-order valence-corrected chi connectivity index (χ3v) is 4.50. The van der Waals surface area contributed by atoms with Gasteiger partial charge in [0.2, 0.25) is 0 Å². The number of hydrogen-bond acceptors (Lipinski definition) is 4. The highest BCUT2D eigenvalue weighted by atomic mass is 79.9. The van der Waals surface area contributed by atoms with Crippen LogP contribution in [-0.4, -0.2) is 23.3 Å². The maximum Gasteiger partial charge on any atom is 0.170 e. The Labute approximate surface area is 159 Å². The van der Waals surface area contributed by atoms with Gasteiger partial charge in [0.15, 0.2) is 5.84 Å². The number of rotatable bonds is 4. The average molecular weight is 413 g/mol. The van der Waals surface area contributed by atoms with Gasteiger partial charge in [0.1, 0.15) is 11.5 Å². The fraction of sp³-hybridized carbons (Fsp3) is 0.0500. The Morgan fingerprint density at radius 1 is 1.04 bits per heavy atom.